The van der Waals surface area contributed by atoms with E-state index in [1.165, 1.54) is 17.8 Å². The number of ether oxygens (including phenoxy) is 1. The highest BCUT2D eigenvalue weighted by Gasteiger charge is 2.16. The minimum Gasteiger partial charge on any atom is -0.494 e. The molecule has 1 atom stereocenters. The number of benzene rings is 1. The lowest BCUT2D eigenvalue weighted by Gasteiger charge is -2.12. The number of anilines is 3. The number of hydrogen-bond acceptors (Lipinski definition) is 7. The van der Waals surface area contributed by atoms with Crippen LogP contribution in [0.25, 0.3) is 0 Å². The maximum Gasteiger partial charge on any atom is 0.237 e. The number of carbonyl (C=O) groups is 1. The van der Waals surface area contributed by atoms with Gasteiger partial charge in [-0.3, -0.25) is 4.79 Å². The Hall–Kier alpha value is -2.48. The fourth-order valence-electron chi connectivity index (χ4n) is 1.77. The van der Waals surface area contributed by atoms with Crippen LogP contribution in [0.1, 0.15) is 13.8 Å². The fourth-order valence-corrected chi connectivity index (χ4v) is 2.57. The molecular formula is C15H19N5O2S. The molecule has 0 spiro atoms. The molecule has 1 amide bonds. The zero-order valence-corrected chi connectivity index (χ0v) is 13.8. The van der Waals surface area contributed by atoms with Crippen molar-refractivity contribution >= 4 is 35.0 Å². The Balaban J connectivity index is 1.96. The van der Waals surface area contributed by atoms with Gasteiger partial charge >= 0.3 is 0 Å². The van der Waals surface area contributed by atoms with Gasteiger partial charge in [-0.25, -0.2) is 9.97 Å². The summed E-state index contributed by atoms with van der Waals surface area (Å²) in [4.78, 5) is 20.3. The van der Waals surface area contributed by atoms with Crippen LogP contribution in [0.15, 0.2) is 35.5 Å². The molecule has 0 unspecified atom stereocenters. The maximum absolute atomic E-state index is 12.2. The summed E-state index contributed by atoms with van der Waals surface area (Å²) in [7, 11) is 0. The van der Waals surface area contributed by atoms with E-state index in [0.717, 1.165) is 5.75 Å². The summed E-state index contributed by atoms with van der Waals surface area (Å²) in [5, 5.41) is 2.80. The van der Waals surface area contributed by atoms with Gasteiger partial charge < -0.3 is 21.5 Å². The highest BCUT2D eigenvalue weighted by atomic mass is 32.2. The van der Waals surface area contributed by atoms with Crippen molar-refractivity contribution in [3.8, 4) is 5.75 Å². The van der Waals surface area contributed by atoms with Crippen LogP contribution in [0.4, 0.5) is 17.3 Å². The number of nitrogens with one attached hydrogen (secondary N) is 1. The van der Waals surface area contributed by atoms with Crippen molar-refractivity contribution in [2.75, 3.05) is 23.4 Å². The van der Waals surface area contributed by atoms with Crippen LogP contribution >= 0.6 is 11.8 Å². The predicted molar refractivity (Wildman–Crippen MR) is 92.4 cm³/mol. The van der Waals surface area contributed by atoms with E-state index in [9.17, 15) is 4.79 Å². The van der Waals surface area contributed by atoms with Crippen molar-refractivity contribution in [3.63, 3.8) is 0 Å². The van der Waals surface area contributed by atoms with E-state index >= 15 is 0 Å². The third kappa shape index (κ3) is 5.03. The zero-order chi connectivity index (χ0) is 16.8. The quantitative estimate of drug-likeness (QED) is 0.548. The first-order valence-electron chi connectivity index (χ1n) is 7.08. The van der Waals surface area contributed by atoms with E-state index in [2.05, 4.69) is 15.3 Å². The van der Waals surface area contributed by atoms with E-state index < -0.39 is 5.25 Å². The molecule has 0 saturated heterocycles. The summed E-state index contributed by atoms with van der Waals surface area (Å²) >= 11 is 1.19. The molecule has 2 aromatic rings. The summed E-state index contributed by atoms with van der Waals surface area (Å²) in [6.45, 7) is 4.28. The fraction of sp³-hybridized carbons (Fsp3) is 0.267. The molecule has 0 fully saturated rings. The Morgan fingerprint density at radius 1 is 1.26 bits per heavy atom. The van der Waals surface area contributed by atoms with Crippen LogP contribution in [0.2, 0.25) is 0 Å². The van der Waals surface area contributed by atoms with Gasteiger partial charge in [0, 0.05) is 11.8 Å². The Labute approximate surface area is 138 Å². The second-order valence-electron chi connectivity index (χ2n) is 4.71. The summed E-state index contributed by atoms with van der Waals surface area (Å²) in [6.07, 6.45) is 0. The molecule has 0 radical (unpaired) electrons. The lowest BCUT2D eigenvalue weighted by molar-refractivity contribution is -0.115. The average molecular weight is 333 g/mol. The molecule has 0 saturated carbocycles. The van der Waals surface area contributed by atoms with Gasteiger partial charge in [-0.15, -0.1) is 0 Å². The first-order valence-corrected chi connectivity index (χ1v) is 7.96. The molecule has 0 bridgehead atoms. The van der Waals surface area contributed by atoms with Gasteiger partial charge in [0.25, 0.3) is 0 Å². The van der Waals surface area contributed by atoms with E-state index in [1.807, 2.05) is 6.92 Å². The van der Waals surface area contributed by atoms with Crippen molar-refractivity contribution < 1.29 is 9.53 Å². The summed E-state index contributed by atoms with van der Waals surface area (Å²) in [5.74, 6) is 1.15. The number of thioether (sulfide) groups is 1. The van der Waals surface area contributed by atoms with Crippen LogP contribution in [-0.2, 0) is 4.79 Å². The lowest BCUT2D eigenvalue weighted by Crippen LogP contribution is -2.22. The average Bonchev–Trinajstić information content (AvgIpc) is 2.48. The van der Waals surface area contributed by atoms with Gasteiger partial charge in [0.1, 0.15) is 17.4 Å². The predicted octanol–water partition coefficient (Wildman–Crippen LogP) is 2.16. The van der Waals surface area contributed by atoms with Crippen molar-refractivity contribution in [2.24, 2.45) is 0 Å². The number of amides is 1. The van der Waals surface area contributed by atoms with Gasteiger partial charge in [-0.1, -0.05) is 11.8 Å². The minimum absolute atomic E-state index is 0.163. The van der Waals surface area contributed by atoms with E-state index in [1.54, 1.807) is 31.2 Å². The molecule has 5 N–H and O–H groups in total. The molecule has 0 aliphatic rings. The third-order valence-corrected chi connectivity index (χ3v) is 3.79. The number of nitrogen functional groups attached to an aromatic ring is 2. The Kier molecular flexibility index (Phi) is 5.64. The Morgan fingerprint density at radius 3 is 2.43 bits per heavy atom. The van der Waals surface area contributed by atoms with Gasteiger partial charge in [0.15, 0.2) is 5.16 Å². The smallest absolute Gasteiger partial charge is 0.237 e. The van der Waals surface area contributed by atoms with Crippen LogP contribution < -0.4 is 21.5 Å². The third-order valence-electron chi connectivity index (χ3n) is 2.83. The highest BCUT2D eigenvalue weighted by Crippen LogP contribution is 2.23. The summed E-state index contributed by atoms with van der Waals surface area (Å²) in [6, 6.07) is 8.65. The van der Waals surface area contributed by atoms with Crippen molar-refractivity contribution in [3.05, 3.63) is 30.3 Å². The molecule has 23 heavy (non-hydrogen) atoms. The lowest BCUT2D eigenvalue weighted by atomic mass is 10.3. The molecule has 0 aliphatic heterocycles. The first-order chi connectivity index (χ1) is 11.0. The molecular weight excluding hydrogens is 314 g/mol. The van der Waals surface area contributed by atoms with Crippen LogP contribution in [-0.4, -0.2) is 27.7 Å². The molecule has 7 nitrogen and oxygen atoms in total. The number of hydrogen-bond donors (Lipinski definition) is 3. The van der Waals surface area contributed by atoms with Gasteiger partial charge in [-0.2, -0.15) is 0 Å². The monoisotopic (exact) mass is 333 g/mol. The van der Waals surface area contributed by atoms with Gasteiger partial charge in [0.2, 0.25) is 5.91 Å². The number of rotatable bonds is 6. The van der Waals surface area contributed by atoms with E-state index in [4.69, 9.17) is 16.2 Å². The SMILES string of the molecule is CCOc1ccc(NC(=O)[C@H](C)Sc2nc(N)cc(N)n2)cc1. The highest BCUT2D eigenvalue weighted by molar-refractivity contribution is 8.00. The van der Waals surface area contributed by atoms with Crippen LogP contribution in [0.3, 0.4) is 0 Å². The number of aromatic nitrogens is 2. The number of carbonyl (C=O) groups excluding carboxylic acids is 1. The Morgan fingerprint density at radius 2 is 1.87 bits per heavy atom. The van der Waals surface area contributed by atoms with Crippen molar-refractivity contribution in [2.45, 2.75) is 24.3 Å². The van der Waals surface area contributed by atoms with Gasteiger partial charge in [-0.05, 0) is 38.1 Å². The normalized spacial score (nSPS) is 11.7. The molecule has 122 valence electrons. The summed E-state index contributed by atoms with van der Waals surface area (Å²) < 4.78 is 5.36. The number of nitrogens with zero attached hydrogens (tertiary/aromatic N) is 2. The zero-order valence-electron chi connectivity index (χ0n) is 12.9. The largest absolute Gasteiger partial charge is 0.494 e. The maximum atomic E-state index is 12.2. The second-order valence-corrected chi connectivity index (χ2v) is 6.01. The molecule has 2 rings (SSSR count). The number of nitrogens with two attached hydrogens (primary N) is 2. The van der Waals surface area contributed by atoms with Crippen LogP contribution in [0, 0.1) is 0 Å². The molecule has 1 aromatic heterocycles. The van der Waals surface area contributed by atoms with Crippen molar-refractivity contribution in [1.29, 1.82) is 0 Å². The molecule has 1 aromatic carbocycles. The van der Waals surface area contributed by atoms with Crippen molar-refractivity contribution in [1.82, 2.24) is 9.97 Å². The second kappa shape index (κ2) is 7.68. The van der Waals surface area contributed by atoms with Crippen LogP contribution in [0.5, 0.6) is 5.75 Å². The molecule has 1 heterocycles. The van der Waals surface area contributed by atoms with E-state index in [0.29, 0.717) is 17.5 Å². The van der Waals surface area contributed by atoms with Gasteiger partial charge in [0.05, 0.1) is 11.9 Å². The minimum atomic E-state index is -0.400. The van der Waals surface area contributed by atoms with E-state index in [-0.39, 0.29) is 17.5 Å². The molecule has 0 aliphatic carbocycles. The topological polar surface area (TPSA) is 116 Å². The Bertz CT molecular complexity index is 658. The first kappa shape index (κ1) is 16.9. The summed E-state index contributed by atoms with van der Waals surface area (Å²) in [5.41, 5.74) is 11.9. The molecule has 8 heteroatoms. The standard InChI is InChI=1S/C15H19N5O2S/c1-3-22-11-6-4-10(5-7-11)18-14(21)9(2)23-15-19-12(16)8-13(17)20-15/h4-9H,3H2,1-2H3,(H,18,21)(H4,16,17,19,20)/t9-/m0/s1.